The van der Waals surface area contributed by atoms with Gasteiger partial charge in [-0.1, -0.05) is 47.6 Å². The summed E-state index contributed by atoms with van der Waals surface area (Å²) in [7, 11) is 0. The number of likely N-dealkylation sites (tertiary alicyclic amines) is 2. The van der Waals surface area contributed by atoms with Crippen molar-refractivity contribution in [3.05, 3.63) is 52.1 Å². The number of rotatable bonds is 10. The maximum absolute atomic E-state index is 15.2. The second-order valence-corrected chi connectivity index (χ2v) is 26.8. The fraction of sp³-hybridized carbons (Fsp3) is 0.661. The number of nitrogens with zero attached hydrogens (tertiary/aromatic N) is 8. The van der Waals surface area contributed by atoms with Crippen molar-refractivity contribution in [2.75, 3.05) is 83.6 Å². The normalized spacial score (nSPS) is 28.2. The molecular formula is C59H78F3N11O6S. The van der Waals surface area contributed by atoms with Gasteiger partial charge in [0.05, 0.1) is 65.9 Å². The Morgan fingerprint density at radius 3 is 2.58 bits per heavy atom. The lowest BCUT2D eigenvalue weighted by atomic mass is 9.84. The molecule has 80 heavy (non-hydrogen) atoms. The molecule has 7 atom stereocenters. The molecule has 1 spiro atoms. The van der Waals surface area contributed by atoms with E-state index in [1.54, 1.807) is 6.07 Å². The maximum Gasteiger partial charge on any atom is 0.406 e. The van der Waals surface area contributed by atoms with Crippen molar-refractivity contribution >= 4 is 51.6 Å². The molecule has 3 aromatic heterocycles. The van der Waals surface area contributed by atoms with Gasteiger partial charge < -0.3 is 29.2 Å². The molecule has 12 rings (SSSR count). The van der Waals surface area contributed by atoms with Crippen LogP contribution in [-0.2, 0) is 48.0 Å². The van der Waals surface area contributed by atoms with Crippen molar-refractivity contribution in [1.29, 1.82) is 0 Å². The molecule has 3 N–H and O–H groups in total. The minimum absolute atomic E-state index is 0.0540. The van der Waals surface area contributed by atoms with Gasteiger partial charge in [0.2, 0.25) is 11.8 Å². The van der Waals surface area contributed by atoms with Crippen LogP contribution in [0.1, 0.15) is 102 Å². The van der Waals surface area contributed by atoms with E-state index in [2.05, 4.69) is 30.8 Å². The largest absolute Gasteiger partial charge is 0.464 e. The lowest BCUT2D eigenvalue weighted by Crippen LogP contribution is -2.62. The molecule has 6 bridgehead atoms. The molecule has 0 unspecified atom stereocenters. The van der Waals surface area contributed by atoms with Gasteiger partial charge in [-0.2, -0.15) is 13.2 Å². The predicted octanol–water partition coefficient (Wildman–Crippen LogP) is 6.38. The molecule has 10 heterocycles. The van der Waals surface area contributed by atoms with Gasteiger partial charge in [-0.05, 0) is 93.0 Å². The van der Waals surface area contributed by atoms with E-state index in [4.69, 9.17) is 19.4 Å². The number of anilines is 1. The summed E-state index contributed by atoms with van der Waals surface area (Å²) in [6, 6.07) is 5.47. The number of thiazole rings is 1. The molecule has 0 radical (unpaired) electrons. The van der Waals surface area contributed by atoms with E-state index in [1.165, 1.54) is 33.8 Å². The number of halogens is 3. The summed E-state index contributed by atoms with van der Waals surface area (Å²) in [5.74, 6) is -0.628. The minimum atomic E-state index is -4.58. The summed E-state index contributed by atoms with van der Waals surface area (Å²) in [6.07, 6.45) is 2.62. The number of pyridine rings is 1. The van der Waals surface area contributed by atoms with Crippen LogP contribution in [0.2, 0.25) is 0 Å². The first-order valence-corrected chi connectivity index (χ1v) is 30.2. The topological polar surface area (TPSA) is 180 Å². The number of alkyl halides is 3. The zero-order valence-corrected chi connectivity index (χ0v) is 47.9. The molecule has 1 aromatic carbocycles. The molecule has 17 nitrogen and oxygen atoms in total. The monoisotopic (exact) mass is 1130 g/mol. The van der Waals surface area contributed by atoms with Gasteiger partial charge in [0, 0.05) is 103 Å². The van der Waals surface area contributed by atoms with Crippen molar-refractivity contribution in [2.24, 2.45) is 22.7 Å². The molecule has 1 saturated carbocycles. The number of morpholine rings is 1. The van der Waals surface area contributed by atoms with Crippen LogP contribution in [0.15, 0.2) is 35.8 Å². The highest BCUT2D eigenvalue weighted by molar-refractivity contribution is 7.10. The van der Waals surface area contributed by atoms with Gasteiger partial charge in [0.25, 0.3) is 5.91 Å². The smallest absolute Gasteiger partial charge is 0.406 e. The second kappa shape index (κ2) is 21.5. The summed E-state index contributed by atoms with van der Waals surface area (Å²) < 4.78 is 58.9. The lowest BCUT2D eigenvalue weighted by molar-refractivity contribution is -0.155. The predicted molar refractivity (Wildman–Crippen MR) is 299 cm³/mol. The highest BCUT2D eigenvalue weighted by atomic mass is 32.1. The van der Waals surface area contributed by atoms with Gasteiger partial charge >= 0.3 is 12.1 Å². The van der Waals surface area contributed by atoms with E-state index in [1.807, 2.05) is 76.2 Å². The number of cyclic esters (lactones) is 1. The van der Waals surface area contributed by atoms with Gasteiger partial charge in [-0.25, -0.2) is 10.4 Å². The number of carbonyl (C=O) groups is 4. The number of fused-ring (bicyclic) bond motifs is 7. The van der Waals surface area contributed by atoms with Crippen LogP contribution in [0, 0.1) is 22.7 Å². The summed E-state index contributed by atoms with van der Waals surface area (Å²) in [5.41, 5.74) is 7.21. The van der Waals surface area contributed by atoms with Crippen LogP contribution in [0.25, 0.3) is 33.4 Å². The Bertz CT molecular complexity index is 3030. The van der Waals surface area contributed by atoms with Crippen LogP contribution in [0.4, 0.5) is 18.9 Å². The molecule has 4 aromatic rings. The molecular weight excluding hydrogens is 1050 g/mol. The number of carbonyl (C=O) groups excluding carboxylic acids is 4. The van der Waals surface area contributed by atoms with Gasteiger partial charge in [-0.3, -0.25) is 44.3 Å². The van der Waals surface area contributed by atoms with Crippen LogP contribution in [-0.4, -0.2) is 179 Å². The Balaban J connectivity index is 0.880. The number of hydrogen-bond acceptors (Lipinski definition) is 14. The molecule has 3 amide bonds. The number of ether oxygens (including phenoxy) is 2. The number of hydrogen-bond donors (Lipinski definition) is 3. The van der Waals surface area contributed by atoms with Crippen LogP contribution < -0.4 is 21.0 Å². The van der Waals surface area contributed by atoms with Crippen molar-refractivity contribution in [2.45, 2.75) is 148 Å². The second-order valence-electron chi connectivity index (χ2n) is 25.8. The van der Waals surface area contributed by atoms with E-state index in [0.717, 1.165) is 38.2 Å². The summed E-state index contributed by atoms with van der Waals surface area (Å²) in [5, 5.41) is 11.2. The lowest BCUT2D eigenvalue weighted by Gasteiger charge is -2.44. The molecule has 7 aliphatic heterocycles. The molecule has 432 valence electrons. The fourth-order valence-electron chi connectivity index (χ4n) is 14.0. The molecule has 7 fully saturated rings. The number of hydrazine groups is 1. The number of amides is 3. The summed E-state index contributed by atoms with van der Waals surface area (Å²) in [4.78, 5) is 76.6. The van der Waals surface area contributed by atoms with Crippen molar-refractivity contribution in [3.8, 4) is 22.5 Å². The Morgan fingerprint density at radius 2 is 1.80 bits per heavy atom. The standard InChI is InChI=1S/C59H78F3N11O6S/c1-34(2)48-41(23-38(26-63-48)69-19-18-68-20-21-78-28-39(68)27-69)52-42-25-57(5,6)33-79-56(77)43-8-7-15-73(67-43)54(75)44(24-47-64-45(29-80-47)37-11-12-46(40(42)22-37)72(52)32-59(60,61)62)65-53(74)51(35(3)4)70-16-13-58(30-70)14-17-71(31-58)55(76)50-49(66-50)36-9-10-36/h11-12,22-23,26,29,34-36,39,43-44,49-51,66-67H,7-10,13-21,24-25,27-28,30-33H2,1-6H3,(H,65,74)/t39-,43-,44-,49+,50+,51-,58-/m0/s1. The fourth-order valence-corrected chi connectivity index (χ4v) is 14.9. The van der Waals surface area contributed by atoms with E-state index < -0.39 is 48.1 Å². The average Bonchev–Trinajstić information content (AvgIpc) is 4.32. The van der Waals surface area contributed by atoms with Crippen LogP contribution in [0.3, 0.4) is 0 Å². The maximum atomic E-state index is 15.2. The van der Waals surface area contributed by atoms with Crippen molar-refractivity contribution in [3.63, 3.8) is 0 Å². The Morgan fingerprint density at radius 1 is 0.988 bits per heavy atom. The quantitative estimate of drug-likeness (QED) is 0.118. The van der Waals surface area contributed by atoms with Crippen molar-refractivity contribution < 1.29 is 41.8 Å². The Kier molecular flexibility index (Phi) is 14.9. The third-order valence-corrected chi connectivity index (χ3v) is 19.3. The minimum Gasteiger partial charge on any atom is -0.464 e. The Hall–Kier alpha value is -5.19. The van der Waals surface area contributed by atoms with Crippen LogP contribution in [0.5, 0.6) is 0 Å². The van der Waals surface area contributed by atoms with Gasteiger partial charge in [0.15, 0.2) is 0 Å². The number of benzene rings is 1. The van der Waals surface area contributed by atoms with Crippen molar-refractivity contribution in [1.82, 2.24) is 50.3 Å². The molecule has 6 saturated heterocycles. The highest BCUT2D eigenvalue weighted by Gasteiger charge is 2.55. The number of esters is 1. The zero-order chi connectivity index (χ0) is 56.0. The average molecular weight is 1130 g/mol. The molecule has 8 aliphatic rings. The zero-order valence-electron chi connectivity index (χ0n) is 47.1. The first kappa shape index (κ1) is 55.3. The first-order valence-electron chi connectivity index (χ1n) is 29.3. The number of nitrogens with one attached hydrogen (secondary N) is 3. The number of aromatic nitrogens is 3. The third-order valence-electron chi connectivity index (χ3n) is 18.4. The first-order chi connectivity index (χ1) is 38.2. The molecule has 1 aliphatic carbocycles. The van der Waals surface area contributed by atoms with Gasteiger partial charge in [-0.15, -0.1) is 11.3 Å². The van der Waals surface area contributed by atoms with E-state index in [9.17, 15) is 19.2 Å². The van der Waals surface area contributed by atoms with Crippen LogP contribution >= 0.6 is 11.3 Å². The Labute approximate surface area is 470 Å². The highest BCUT2D eigenvalue weighted by Crippen LogP contribution is 2.46. The summed E-state index contributed by atoms with van der Waals surface area (Å²) >= 11 is 1.35. The van der Waals surface area contributed by atoms with Gasteiger partial charge in [0.1, 0.15) is 24.7 Å². The SMILES string of the molecule is CC(C)c1ncc(N2CCN3CCOC[C@@H]3C2)cc1-c1c2c3cc(ccc3n1CC(F)(F)F)-c1csc(n1)C[C@H](NC(=O)[C@H](C(C)C)N1CC[C@]3(CCN(C(=O)[C@@H]4N[C@@H]4C4CC4)C3)C1)C(=O)N1CCC[C@H](N1)C(=O)OCC(C)(C)C2. The summed E-state index contributed by atoms with van der Waals surface area (Å²) in [6.45, 7) is 18.2. The van der Waals surface area contributed by atoms with E-state index >= 15 is 13.2 Å². The number of piperazine rings is 1. The van der Waals surface area contributed by atoms with E-state index in [0.29, 0.717) is 127 Å². The molecule has 21 heteroatoms. The third kappa shape index (κ3) is 11.2. The van der Waals surface area contributed by atoms with E-state index in [-0.39, 0.29) is 60.6 Å².